The summed E-state index contributed by atoms with van der Waals surface area (Å²) < 4.78 is 0. The minimum atomic E-state index is 0.739. The zero-order valence-electron chi connectivity index (χ0n) is 6.55. The van der Waals surface area contributed by atoms with Gasteiger partial charge in [0.1, 0.15) is 0 Å². The van der Waals surface area contributed by atoms with E-state index in [0.717, 1.165) is 34.1 Å². The van der Waals surface area contributed by atoms with Gasteiger partial charge >= 0.3 is 0 Å². The summed E-state index contributed by atoms with van der Waals surface area (Å²) >= 11 is 5.97. The molecule has 62 valence electrons. The highest BCUT2D eigenvalue weighted by atomic mass is 35.5. The molecule has 1 aromatic heterocycles. The van der Waals surface area contributed by atoms with Gasteiger partial charge in [0.05, 0.1) is 10.4 Å². The van der Waals surface area contributed by atoms with Crippen LogP contribution in [0.25, 0.3) is 11.8 Å². The van der Waals surface area contributed by atoms with Gasteiger partial charge in [0.2, 0.25) is 0 Å². The average molecular weight is 181 g/mol. The molecule has 0 amide bonds. The number of hydrogen-bond donors (Lipinski definition) is 1. The van der Waals surface area contributed by atoms with Crippen LogP contribution in [0.15, 0.2) is 12.3 Å². The molecule has 2 rings (SSSR count). The fourth-order valence-electron chi connectivity index (χ4n) is 1.39. The number of hydrogen-bond acceptors (Lipinski definition) is 2. The topological polar surface area (TPSA) is 38.9 Å². The molecule has 1 aromatic rings. The molecule has 12 heavy (non-hydrogen) atoms. The van der Waals surface area contributed by atoms with Gasteiger partial charge in [-0.05, 0) is 18.9 Å². The summed E-state index contributed by atoms with van der Waals surface area (Å²) in [6.45, 7) is 0. The molecule has 0 unspecified atom stereocenters. The summed E-state index contributed by atoms with van der Waals surface area (Å²) in [7, 11) is 0. The Morgan fingerprint density at radius 2 is 2.33 bits per heavy atom. The minimum Gasteiger partial charge on any atom is -0.400 e. The first kappa shape index (κ1) is 7.62. The molecule has 0 saturated heterocycles. The molecule has 3 heteroatoms. The van der Waals surface area contributed by atoms with Crippen LogP contribution in [0.5, 0.6) is 0 Å². The van der Waals surface area contributed by atoms with E-state index in [9.17, 15) is 0 Å². The van der Waals surface area contributed by atoms with Crippen LogP contribution in [0, 0.1) is 0 Å². The Hall–Kier alpha value is -1.02. The molecule has 0 saturated carbocycles. The van der Waals surface area contributed by atoms with Crippen LogP contribution in [-0.2, 0) is 0 Å². The molecular weight excluding hydrogens is 172 g/mol. The lowest BCUT2D eigenvalue weighted by molar-refractivity contribution is 1.02. The van der Waals surface area contributed by atoms with E-state index in [2.05, 4.69) is 11.1 Å². The van der Waals surface area contributed by atoms with Gasteiger partial charge in [-0.1, -0.05) is 17.7 Å². The molecule has 2 N–H and O–H groups in total. The molecule has 0 fully saturated rings. The van der Waals surface area contributed by atoms with Gasteiger partial charge in [0.15, 0.2) is 0 Å². The normalized spacial score (nSPS) is 15.2. The maximum absolute atomic E-state index is 5.97. The fourth-order valence-corrected chi connectivity index (χ4v) is 1.61. The van der Waals surface area contributed by atoms with Crippen molar-refractivity contribution in [1.29, 1.82) is 0 Å². The van der Waals surface area contributed by atoms with Crippen molar-refractivity contribution in [2.45, 2.75) is 12.8 Å². The quantitative estimate of drug-likeness (QED) is 0.627. The Kier molecular flexibility index (Phi) is 1.77. The summed E-state index contributed by atoms with van der Waals surface area (Å²) in [5.41, 5.74) is 6.63. The molecule has 0 aliphatic heterocycles. The highest BCUT2D eigenvalue weighted by Crippen LogP contribution is 2.03. The number of nitrogens with zero attached hydrogens (tertiary/aromatic N) is 1. The summed E-state index contributed by atoms with van der Waals surface area (Å²) in [4.78, 5) is 4.18. The highest BCUT2D eigenvalue weighted by Gasteiger charge is 2.03. The van der Waals surface area contributed by atoms with Crippen LogP contribution in [0.4, 0.5) is 0 Å². The molecule has 1 aliphatic carbocycles. The Labute approximate surface area is 75.4 Å². The van der Waals surface area contributed by atoms with Crippen molar-refractivity contribution in [3.05, 3.63) is 27.9 Å². The number of fused-ring (bicyclic) bond motifs is 1. The van der Waals surface area contributed by atoms with E-state index in [4.69, 9.17) is 17.3 Å². The van der Waals surface area contributed by atoms with Crippen molar-refractivity contribution in [2.75, 3.05) is 0 Å². The summed E-state index contributed by atoms with van der Waals surface area (Å²) in [5.74, 6) is 0. The number of nitrogens with two attached hydrogens (primary N) is 1. The SMILES string of the molecule is NC1=c2nccc(Cl)c2=CCC1. The second kappa shape index (κ2) is 2.79. The Bertz CT molecular complexity index is 423. The standard InChI is InChI=1S/C9H9ClN2/c10-7-4-5-12-9-6(7)2-1-3-8(9)11/h2,4-5H,1,3,11H2. The first-order chi connectivity index (χ1) is 5.79. The first-order valence-corrected chi connectivity index (χ1v) is 4.26. The van der Waals surface area contributed by atoms with Crippen molar-refractivity contribution < 1.29 is 0 Å². The molecule has 0 atom stereocenters. The second-order valence-electron chi connectivity index (χ2n) is 2.82. The third-order valence-corrected chi connectivity index (χ3v) is 2.33. The van der Waals surface area contributed by atoms with Gasteiger partial charge in [0, 0.05) is 17.1 Å². The van der Waals surface area contributed by atoms with Crippen molar-refractivity contribution in [3.63, 3.8) is 0 Å². The first-order valence-electron chi connectivity index (χ1n) is 3.88. The average Bonchev–Trinajstić information content (AvgIpc) is 2.07. The largest absolute Gasteiger partial charge is 0.400 e. The van der Waals surface area contributed by atoms with Crippen molar-refractivity contribution in [1.82, 2.24) is 4.98 Å². The molecule has 2 nitrogen and oxygen atoms in total. The number of aromatic nitrogens is 1. The van der Waals surface area contributed by atoms with Gasteiger partial charge in [-0.3, -0.25) is 4.98 Å². The molecule has 0 radical (unpaired) electrons. The Balaban J connectivity index is 2.93. The lowest BCUT2D eigenvalue weighted by atomic mass is 10.1. The maximum atomic E-state index is 5.97. The number of rotatable bonds is 0. The minimum absolute atomic E-state index is 0.739. The molecular formula is C9H9ClN2. The van der Waals surface area contributed by atoms with E-state index in [0.29, 0.717) is 0 Å². The van der Waals surface area contributed by atoms with Crippen LogP contribution in [0.1, 0.15) is 12.8 Å². The zero-order chi connectivity index (χ0) is 8.55. The van der Waals surface area contributed by atoms with E-state index in [1.54, 1.807) is 12.3 Å². The predicted molar refractivity (Wildman–Crippen MR) is 49.8 cm³/mol. The Morgan fingerprint density at radius 3 is 3.08 bits per heavy atom. The molecule has 0 bridgehead atoms. The van der Waals surface area contributed by atoms with Crippen molar-refractivity contribution in [3.8, 4) is 0 Å². The van der Waals surface area contributed by atoms with Crippen molar-refractivity contribution in [2.24, 2.45) is 5.73 Å². The Morgan fingerprint density at radius 1 is 1.50 bits per heavy atom. The second-order valence-corrected chi connectivity index (χ2v) is 3.23. The van der Waals surface area contributed by atoms with Gasteiger partial charge in [0.25, 0.3) is 0 Å². The summed E-state index contributed by atoms with van der Waals surface area (Å²) in [6.07, 6.45) is 5.62. The maximum Gasteiger partial charge on any atom is 0.0900 e. The smallest absolute Gasteiger partial charge is 0.0900 e. The van der Waals surface area contributed by atoms with E-state index >= 15 is 0 Å². The van der Waals surface area contributed by atoms with Crippen LogP contribution in [0.2, 0.25) is 5.02 Å². The summed E-state index contributed by atoms with van der Waals surface area (Å²) in [5, 5.41) is 2.58. The number of halogens is 1. The number of pyridine rings is 1. The lowest BCUT2D eigenvalue weighted by Gasteiger charge is -2.05. The molecule has 1 heterocycles. The van der Waals surface area contributed by atoms with E-state index < -0.39 is 0 Å². The van der Waals surface area contributed by atoms with E-state index in [1.807, 2.05) is 0 Å². The van der Waals surface area contributed by atoms with Crippen LogP contribution < -0.4 is 16.3 Å². The van der Waals surface area contributed by atoms with E-state index in [1.165, 1.54) is 0 Å². The van der Waals surface area contributed by atoms with Crippen molar-refractivity contribution >= 4 is 23.4 Å². The molecule has 0 spiro atoms. The van der Waals surface area contributed by atoms with Crippen LogP contribution in [-0.4, -0.2) is 4.98 Å². The fraction of sp³-hybridized carbons (Fsp3) is 0.222. The summed E-state index contributed by atoms with van der Waals surface area (Å²) in [6, 6.07) is 1.79. The third kappa shape index (κ3) is 1.08. The van der Waals surface area contributed by atoms with Crippen LogP contribution >= 0.6 is 11.6 Å². The molecule has 1 aliphatic rings. The highest BCUT2D eigenvalue weighted by molar-refractivity contribution is 6.30. The van der Waals surface area contributed by atoms with Gasteiger partial charge in [-0.15, -0.1) is 0 Å². The van der Waals surface area contributed by atoms with Gasteiger partial charge in [-0.25, -0.2) is 0 Å². The zero-order valence-corrected chi connectivity index (χ0v) is 7.30. The predicted octanol–water partition coefficient (Wildman–Crippen LogP) is 0.376. The lowest BCUT2D eigenvalue weighted by Crippen LogP contribution is -2.35. The molecule has 0 aromatic carbocycles. The monoisotopic (exact) mass is 180 g/mol. The van der Waals surface area contributed by atoms with Gasteiger partial charge in [-0.2, -0.15) is 0 Å². The van der Waals surface area contributed by atoms with Crippen LogP contribution in [0.3, 0.4) is 0 Å². The third-order valence-electron chi connectivity index (χ3n) is 2.00. The van der Waals surface area contributed by atoms with Gasteiger partial charge < -0.3 is 5.73 Å². The van der Waals surface area contributed by atoms with E-state index in [-0.39, 0.29) is 0 Å².